The lowest BCUT2D eigenvalue weighted by molar-refractivity contribution is 0.668. The number of hydrogen-bond acceptors (Lipinski definition) is 2. The van der Waals surface area contributed by atoms with E-state index in [-0.39, 0.29) is 0 Å². The highest BCUT2D eigenvalue weighted by Crippen LogP contribution is 2.45. The predicted octanol–water partition coefficient (Wildman–Crippen LogP) is 15.0. The van der Waals surface area contributed by atoms with Crippen LogP contribution >= 0.6 is 0 Å². The second kappa shape index (κ2) is 13.4. The summed E-state index contributed by atoms with van der Waals surface area (Å²) in [7, 11) is 0. The van der Waals surface area contributed by atoms with Gasteiger partial charge in [0.1, 0.15) is 11.2 Å². The molecule has 56 heavy (non-hydrogen) atoms. The van der Waals surface area contributed by atoms with Gasteiger partial charge in [0.25, 0.3) is 0 Å². The van der Waals surface area contributed by atoms with Crippen LogP contribution in [0.1, 0.15) is 40.7 Å². The van der Waals surface area contributed by atoms with Crippen molar-refractivity contribution < 1.29 is 4.42 Å². The summed E-state index contributed by atoms with van der Waals surface area (Å²) < 4.78 is 6.31. The molecule has 266 valence electrons. The smallest absolute Gasteiger partial charge is 0.136 e. The molecular weight excluding hydrogens is 679 g/mol. The molecule has 2 heteroatoms. The van der Waals surface area contributed by atoms with Crippen LogP contribution in [0.3, 0.4) is 0 Å². The Hall–Kier alpha value is -6.90. The molecule has 11 rings (SSSR count). The zero-order valence-electron chi connectivity index (χ0n) is 31.1. The topological polar surface area (TPSA) is 16.4 Å². The minimum absolute atomic E-state index is 0.938. The number of nitrogens with zero attached hydrogens (tertiary/aromatic N) is 1. The molecule has 9 aromatic rings. The van der Waals surface area contributed by atoms with Crippen molar-refractivity contribution in [3.8, 4) is 22.3 Å². The van der Waals surface area contributed by atoms with Gasteiger partial charge in [-0.15, -0.1) is 0 Å². The Morgan fingerprint density at radius 2 is 1.18 bits per heavy atom. The number of anilines is 3. The van der Waals surface area contributed by atoms with Crippen molar-refractivity contribution in [2.24, 2.45) is 0 Å². The maximum absolute atomic E-state index is 6.31. The molecule has 0 unspecified atom stereocenters. The van der Waals surface area contributed by atoms with Gasteiger partial charge in [-0.2, -0.15) is 0 Å². The van der Waals surface area contributed by atoms with Crippen LogP contribution in [0.2, 0.25) is 0 Å². The van der Waals surface area contributed by atoms with Crippen molar-refractivity contribution in [1.29, 1.82) is 0 Å². The molecule has 0 radical (unpaired) electrons. The average molecular weight is 718 g/mol. The molecule has 2 aliphatic rings. The number of furan rings is 1. The lowest BCUT2D eigenvalue weighted by Crippen LogP contribution is -2.10. The number of para-hydroxylation sites is 2. The molecular formula is C54H39NO. The Kier molecular flexibility index (Phi) is 7.81. The lowest BCUT2D eigenvalue weighted by atomic mass is 9.84. The Bertz CT molecular complexity index is 3000. The van der Waals surface area contributed by atoms with E-state index in [2.05, 4.69) is 187 Å². The van der Waals surface area contributed by atoms with Crippen LogP contribution in [0.25, 0.3) is 72.7 Å². The van der Waals surface area contributed by atoms with Gasteiger partial charge in [-0.1, -0.05) is 133 Å². The first-order chi connectivity index (χ1) is 27.8. The van der Waals surface area contributed by atoms with Crippen molar-refractivity contribution in [2.45, 2.75) is 25.7 Å². The van der Waals surface area contributed by atoms with Gasteiger partial charge in [0.05, 0.1) is 0 Å². The molecule has 0 N–H and O–H groups in total. The van der Waals surface area contributed by atoms with Crippen LogP contribution in [0.15, 0.2) is 180 Å². The van der Waals surface area contributed by atoms with E-state index >= 15 is 0 Å². The zero-order chi connectivity index (χ0) is 37.0. The van der Waals surface area contributed by atoms with Crippen molar-refractivity contribution in [3.05, 3.63) is 204 Å². The molecule has 2 nitrogen and oxygen atoms in total. The standard InChI is InChI=1S/C54H39NO/c1-3-13-36(14-4-1)50-35-43(30-31-45(50)40-24-23-38-27-32-53-54(51(38)34-40)48-21-11-12-22-52(48)56-53)55(41-16-5-2-6-17-41)42-28-25-37(26-29-42)49-33-39-15-7-8-18-44(39)46-19-9-10-20-47(46)49/h1-8,10-18,20-22,25-35H,9,19,23-24H2. The van der Waals surface area contributed by atoms with Gasteiger partial charge < -0.3 is 9.32 Å². The van der Waals surface area contributed by atoms with Gasteiger partial charge in [-0.25, -0.2) is 0 Å². The van der Waals surface area contributed by atoms with Crippen LogP contribution in [-0.2, 0) is 12.8 Å². The largest absolute Gasteiger partial charge is 0.456 e. The Morgan fingerprint density at radius 1 is 0.464 bits per heavy atom. The predicted molar refractivity (Wildman–Crippen MR) is 237 cm³/mol. The van der Waals surface area contributed by atoms with E-state index in [9.17, 15) is 0 Å². The van der Waals surface area contributed by atoms with Crippen LogP contribution in [0.5, 0.6) is 0 Å². The highest BCUT2D eigenvalue weighted by atomic mass is 16.3. The minimum atomic E-state index is 0.938. The summed E-state index contributed by atoms with van der Waals surface area (Å²) in [5.41, 5.74) is 18.3. The minimum Gasteiger partial charge on any atom is -0.456 e. The highest BCUT2D eigenvalue weighted by molar-refractivity contribution is 6.11. The SMILES string of the molecule is C1=Cc2c(-c3ccc(N(c4ccccc4)c4ccc(C5=Cc6c(ccc7oc8ccccc8c67)CC5)c(-c5ccccc5)c4)cc3)cc3ccccc3c2CC1. The van der Waals surface area contributed by atoms with Crippen LogP contribution in [0.4, 0.5) is 17.1 Å². The van der Waals surface area contributed by atoms with Crippen molar-refractivity contribution >= 4 is 67.5 Å². The molecule has 0 atom stereocenters. The molecule has 0 aliphatic heterocycles. The van der Waals surface area contributed by atoms with Crippen molar-refractivity contribution in [2.75, 3.05) is 4.90 Å². The molecule has 0 saturated carbocycles. The Morgan fingerprint density at radius 3 is 2.04 bits per heavy atom. The second-order valence-corrected chi connectivity index (χ2v) is 15.1. The van der Waals surface area contributed by atoms with E-state index in [4.69, 9.17) is 4.42 Å². The van der Waals surface area contributed by atoms with Crippen LogP contribution < -0.4 is 4.90 Å². The fourth-order valence-corrected chi connectivity index (χ4v) is 9.19. The maximum Gasteiger partial charge on any atom is 0.136 e. The quantitative estimate of drug-likeness (QED) is 0.170. The lowest BCUT2D eigenvalue weighted by Gasteiger charge is -2.28. The van der Waals surface area contributed by atoms with E-state index in [0.29, 0.717) is 0 Å². The van der Waals surface area contributed by atoms with Gasteiger partial charge in [0.15, 0.2) is 0 Å². The maximum atomic E-state index is 6.31. The average Bonchev–Trinajstić information content (AvgIpc) is 3.66. The number of aryl methyl sites for hydroxylation is 2. The normalized spacial score (nSPS) is 13.5. The van der Waals surface area contributed by atoms with Gasteiger partial charge in [0, 0.05) is 27.8 Å². The summed E-state index contributed by atoms with van der Waals surface area (Å²) in [4.78, 5) is 2.39. The molecule has 1 aromatic heterocycles. The Balaban J connectivity index is 1.04. The molecule has 1 heterocycles. The number of benzene rings is 8. The molecule has 0 fully saturated rings. The van der Waals surface area contributed by atoms with E-state index in [1.807, 2.05) is 6.07 Å². The monoisotopic (exact) mass is 717 g/mol. The first-order valence-electron chi connectivity index (χ1n) is 19.8. The number of rotatable bonds is 6. The first-order valence-corrected chi connectivity index (χ1v) is 19.8. The van der Waals surface area contributed by atoms with Gasteiger partial charge in [-0.3, -0.25) is 0 Å². The number of fused-ring (bicyclic) bond motifs is 8. The van der Waals surface area contributed by atoms with Gasteiger partial charge in [0.2, 0.25) is 0 Å². The third kappa shape index (κ3) is 5.48. The van der Waals surface area contributed by atoms with Crippen molar-refractivity contribution in [1.82, 2.24) is 0 Å². The fourth-order valence-electron chi connectivity index (χ4n) is 9.19. The van der Waals surface area contributed by atoms with E-state index in [1.54, 1.807) is 0 Å². The van der Waals surface area contributed by atoms with E-state index < -0.39 is 0 Å². The summed E-state index contributed by atoms with van der Waals surface area (Å²) in [6, 6.07) is 61.8. The molecule has 0 saturated heterocycles. The zero-order valence-corrected chi connectivity index (χ0v) is 31.1. The van der Waals surface area contributed by atoms with E-state index in [1.165, 1.54) is 77.2 Å². The molecule has 8 aromatic carbocycles. The third-order valence-electron chi connectivity index (χ3n) is 11.8. The summed E-state index contributed by atoms with van der Waals surface area (Å²) in [6.07, 6.45) is 11.2. The highest BCUT2D eigenvalue weighted by Gasteiger charge is 2.22. The van der Waals surface area contributed by atoms with Gasteiger partial charge in [-0.05, 0) is 147 Å². The summed E-state index contributed by atoms with van der Waals surface area (Å²) in [5, 5.41) is 5.07. The van der Waals surface area contributed by atoms with Crippen LogP contribution in [-0.4, -0.2) is 0 Å². The van der Waals surface area contributed by atoms with Crippen LogP contribution in [0, 0.1) is 0 Å². The summed E-state index contributed by atoms with van der Waals surface area (Å²) >= 11 is 0. The Labute approximate surface area is 327 Å². The van der Waals surface area contributed by atoms with Gasteiger partial charge >= 0.3 is 0 Å². The third-order valence-corrected chi connectivity index (χ3v) is 11.8. The molecule has 0 amide bonds. The second-order valence-electron chi connectivity index (χ2n) is 15.1. The number of hydrogen-bond donors (Lipinski definition) is 0. The van der Waals surface area contributed by atoms with Crippen molar-refractivity contribution in [3.63, 3.8) is 0 Å². The summed E-state index contributed by atoms with van der Waals surface area (Å²) in [6.45, 7) is 0. The summed E-state index contributed by atoms with van der Waals surface area (Å²) in [5.74, 6) is 0. The fraction of sp³-hybridized carbons (Fsp3) is 0.0741. The molecule has 2 aliphatic carbocycles. The molecule has 0 bridgehead atoms. The molecule has 0 spiro atoms. The number of allylic oxidation sites excluding steroid dienone is 2. The first kappa shape index (κ1) is 32.5. The van der Waals surface area contributed by atoms with E-state index in [0.717, 1.165) is 53.9 Å².